The molecule has 0 spiro atoms. The van der Waals surface area contributed by atoms with Gasteiger partial charge in [-0.2, -0.15) is 0 Å². The molecule has 3 rings (SSSR count). The van der Waals surface area contributed by atoms with Crippen molar-refractivity contribution < 1.29 is 13.9 Å². The number of hydrogen-bond donors (Lipinski definition) is 0. The summed E-state index contributed by atoms with van der Waals surface area (Å²) in [6, 6.07) is 11.3. The number of carbonyl (C=O) groups excluding carboxylic acids is 1. The summed E-state index contributed by atoms with van der Waals surface area (Å²) in [4.78, 5) is 25.0. The number of carbonyl (C=O) groups is 1. The Labute approximate surface area is 162 Å². The first-order valence-electron chi connectivity index (χ1n) is 8.73. The van der Waals surface area contributed by atoms with Crippen molar-refractivity contribution in [3.8, 4) is 0 Å². The van der Waals surface area contributed by atoms with Gasteiger partial charge >= 0.3 is 11.6 Å². The van der Waals surface area contributed by atoms with Gasteiger partial charge in [-0.1, -0.05) is 6.07 Å². The molecule has 0 fully saturated rings. The van der Waals surface area contributed by atoms with Crippen LogP contribution in [0.3, 0.4) is 0 Å². The second-order valence-electron chi connectivity index (χ2n) is 6.72. The van der Waals surface area contributed by atoms with Gasteiger partial charge in [-0.25, -0.2) is 4.79 Å². The third-order valence-corrected chi connectivity index (χ3v) is 5.64. The van der Waals surface area contributed by atoms with E-state index >= 15 is 0 Å². The number of benzene rings is 2. The van der Waals surface area contributed by atoms with Crippen LogP contribution in [0.25, 0.3) is 11.0 Å². The quantitative estimate of drug-likeness (QED) is 0.358. The van der Waals surface area contributed by atoms with Gasteiger partial charge in [-0.15, -0.1) is 11.8 Å². The van der Waals surface area contributed by atoms with E-state index in [0.717, 1.165) is 21.4 Å². The van der Waals surface area contributed by atoms with E-state index < -0.39 is 5.63 Å². The fourth-order valence-corrected chi connectivity index (χ4v) is 3.54. The Morgan fingerprint density at radius 2 is 1.67 bits per heavy atom. The number of thioether (sulfide) groups is 1. The molecule has 0 aliphatic carbocycles. The van der Waals surface area contributed by atoms with Crippen molar-refractivity contribution in [1.29, 1.82) is 0 Å². The van der Waals surface area contributed by atoms with Gasteiger partial charge in [-0.3, -0.25) is 4.79 Å². The molecule has 0 aliphatic heterocycles. The van der Waals surface area contributed by atoms with Crippen LogP contribution in [0.1, 0.15) is 27.8 Å². The topological polar surface area (TPSA) is 56.5 Å². The monoisotopic (exact) mass is 382 g/mol. The summed E-state index contributed by atoms with van der Waals surface area (Å²) in [5, 5.41) is 0.798. The van der Waals surface area contributed by atoms with E-state index in [9.17, 15) is 9.59 Å². The average molecular weight is 382 g/mol. The van der Waals surface area contributed by atoms with Crippen molar-refractivity contribution in [3.63, 3.8) is 0 Å². The van der Waals surface area contributed by atoms with Crippen LogP contribution in [0.15, 0.2) is 50.5 Å². The lowest BCUT2D eigenvalue weighted by atomic mass is 10.0. The number of esters is 1. The van der Waals surface area contributed by atoms with Crippen molar-refractivity contribution in [2.45, 2.75) is 39.2 Å². The van der Waals surface area contributed by atoms with Gasteiger partial charge in [0.15, 0.2) is 0 Å². The van der Waals surface area contributed by atoms with Crippen LogP contribution in [-0.2, 0) is 16.1 Å². The number of ether oxygens (including phenoxy) is 1. The maximum Gasteiger partial charge on any atom is 0.336 e. The summed E-state index contributed by atoms with van der Waals surface area (Å²) in [5.41, 5.74) is 5.29. The van der Waals surface area contributed by atoms with Crippen LogP contribution < -0.4 is 5.63 Å². The van der Waals surface area contributed by atoms with Crippen molar-refractivity contribution in [2.75, 3.05) is 5.75 Å². The molecule has 0 saturated carbocycles. The highest BCUT2D eigenvalue weighted by Gasteiger charge is 2.11. The Balaban J connectivity index is 1.69. The van der Waals surface area contributed by atoms with Gasteiger partial charge in [0.2, 0.25) is 0 Å². The zero-order valence-corrected chi connectivity index (χ0v) is 16.7. The highest BCUT2D eigenvalue weighted by Crippen LogP contribution is 2.23. The van der Waals surface area contributed by atoms with E-state index in [0.29, 0.717) is 11.1 Å². The van der Waals surface area contributed by atoms with Crippen LogP contribution in [0.2, 0.25) is 0 Å². The fraction of sp³-hybridized carbons (Fsp3) is 0.273. The molecule has 3 aromatic rings. The van der Waals surface area contributed by atoms with Gasteiger partial charge in [0, 0.05) is 21.9 Å². The second-order valence-corrected chi connectivity index (χ2v) is 7.77. The first-order valence-corrected chi connectivity index (χ1v) is 9.71. The molecule has 0 radical (unpaired) electrons. The third-order valence-electron chi connectivity index (χ3n) is 4.67. The minimum Gasteiger partial charge on any atom is -0.460 e. The number of fused-ring (bicyclic) bond motifs is 1. The van der Waals surface area contributed by atoms with E-state index in [1.165, 1.54) is 29.0 Å². The highest BCUT2D eigenvalue weighted by molar-refractivity contribution is 8.00. The van der Waals surface area contributed by atoms with Crippen LogP contribution in [-0.4, -0.2) is 11.7 Å². The summed E-state index contributed by atoms with van der Waals surface area (Å²) >= 11 is 1.44. The average Bonchev–Trinajstić information content (AvgIpc) is 2.62. The highest BCUT2D eigenvalue weighted by atomic mass is 32.2. The molecule has 140 valence electrons. The molecule has 4 nitrogen and oxygen atoms in total. The maximum absolute atomic E-state index is 12.1. The lowest BCUT2D eigenvalue weighted by molar-refractivity contribution is -0.141. The molecular weight excluding hydrogens is 360 g/mol. The Kier molecular flexibility index (Phi) is 5.71. The zero-order valence-electron chi connectivity index (χ0n) is 15.9. The third kappa shape index (κ3) is 4.61. The van der Waals surface area contributed by atoms with E-state index in [1.807, 2.05) is 45.0 Å². The standard InChI is InChI=1S/C22H22O4S/c1-13-5-6-18(7-14(13)2)27-12-22(24)25-11-17-10-21(23)26-20-9-16(4)15(3)8-19(17)20/h5-10H,11-12H2,1-4H3. The van der Waals surface area contributed by atoms with Gasteiger partial charge in [0.25, 0.3) is 0 Å². The Bertz CT molecular complexity index is 1070. The largest absolute Gasteiger partial charge is 0.460 e. The minimum absolute atomic E-state index is 0.0525. The number of hydrogen-bond acceptors (Lipinski definition) is 5. The second kappa shape index (κ2) is 8.01. The van der Waals surface area contributed by atoms with E-state index in [2.05, 4.69) is 13.0 Å². The summed E-state index contributed by atoms with van der Waals surface area (Å²) in [7, 11) is 0. The first kappa shape index (κ1) is 19.2. The van der Waals surface area contributed by atoms with Crippen LogP contribution >= 0.6 is 11.8 Å². The molecule has 0 N–H and O–H groups in total. The molecule has 0 aliphatic rings. The Morgan fingerprint density at radius 3 is 2.41 bits per heavy atom. The lowest BCUT2D eigenvalue weighted by Gasteiger charge is -2.09. The molecule has 1 heterocycles. The Morgan fingerprint density at radius 1 is 0.963 bits per heavy atom. The molecular formula is C22H22O4S. The van der Waals surface area contributed by atoms with Crippen LogP contribution in [0, 0.1) is 27.7 Å². The molecule has 0 unspecified atom stereocenters. The van der Waals surface area contributed by atoms with Gasteiger partial charge in [0.05, 0.1) is 5.75 Å². The van der Waals surface area contributed by atoms with Crippen molar-refractivity contribution >= 4 is 28.7 Å². The Hall–Kier alpha value is -2.53. The molecule has 0 bridgehead atoms. The van der Waals surface area contributed by atoms with Gasteiger partial charge in [0.1, 0.15) is 12.2 Å². The van der Waals surface area contributed by atoms with E-state index in [1.54, 1.807) is 0 Å². The smallest absolute Gasteiger partial charge is 0.336 e. The molecule has 5 heteroatoms. The lowest BCUT2D eigenvalue weighted by Crippen LogP contribution is -2.09. The fourth-order valence-electron chi connectivity index (χ4n) is 2.75. The normalized spacial score (nSPS) is 11.0. The van der Waals surface area contributed by atoms with Crippen molar-refractivity contribution in [3.05, 3.63) is 74.6 Å². The molecule has 27 heavy (non-hydrogen) atoms. The summed E-state index contributed by atoms with van der Waals surface area (Å²) in [6.07, 6.45) is 0. The zero-order chi connectivity index (χ0) is 19.6. The first-order chi connectivity index (χ1) is 12.8. The van der Waals surface area contributed by atoms with Crippen molar-refractivity contribution in [2.24, 2.45) is 0 Å². The predicted octanol–water partition coefficient (Wildman–Crippen LogP) is 4.86. The molecule has 0 saturated heterocycles. The predicted molar refractivity (Wildman–Crippen MR) is 108 cm³/mol. The molecule has 0 atom stereocenters. The summed E-state index contributed by atoms with van der Waals surface area (Å²) < 4.78 is 10.7. The van der Waals surface area contributed by atoms with Gasteiger partial charge < -0.3 is 9.15 Å². The van der Waals surface area contributed by atoms with Gasteiger partial charge in [-0.05, 0) is 74.2 Å². The SMILES string of the molecule is Cc1ccc(SCC(=O)OCc2cc(=O)oc3cc(C)c(C)cc23)cc1C. The molecule has 0 amide bonds. The van der Waals surface area contributed by atoms with Crippen LogP contribution in [0.4, 0.5) is 0 Å². The molecule has 1 aromatic heterocycles. The number of rotatable bonds is 5. The van der Waals surface area contributed by atoms with Crippen molar-refractivity contribution in [1.82, 2.24) is 0 Å². The van der Waals surface area contributed by atoms with E-state index in [4.69, 9.17) is 9.15 Å². The summed E-state index contributed by atoms with van der Waals surface area (Å²) in [5.74, 6) is -0.0940. The molecule has 2 aromatic carbocycles. The number of aryl methyl sites for hydroxylation is 4. The minimum atomic E-state index is -0.443. The maximum atomic E-state index is 12.1. The van der Waals surface area contributed by atoms with Crippen LogP contribution in [0.5, 0.6) is 0 Å². The van der Waals surface area contributed by atoms with E-state index in [-0.39, 0.29) is 18.3 Å². The summed E-state index contributed by atoms with van der Waals surface area (Å²) in [6.45, 7) is 8.12.